The summed E-state index contributed by atoms with van der Waals surface area (Å²) in [6, 6.07) is 0. The molecule has 0 aromatic rings. The lowest BCUT2D eigenvalue weighted by molar-refractivity contribution is -0.130. The van der Waals surface area contributed by atoms with Crippen LogP contribution in [-0.4, -0.2) is 23.8 Å². The Balaban J connectivity index is 2.49. The van der Waals surface area contributed by atoms with E-state index in [0.29, 0.717) is 30.4 Å². The molecular weight excluding hydrogens is 196 g/mol. The minimum Gasteiger partial charge on any atom is -0.369 e. The fourth-order valence-electron chi connectivity index (χ4n) is 1.99. The first-order valence-corrected chi connectivity index (χ1v) is 4.74. The lowest BCUT2D eigenvalue weighted by Gasteiger charge is -2.23. The molecule has 2 N–H and O–H groups in total. The van der Waals surface area contributed by atoms with E-state index < -0.39 is 17.7 Å². The predicted octanol–water partition coefficient (Wildman–Crippen LogP) is -0.252. The number of aliphatic imine (C=N–C) groups is 1. The summed E-state index contributed by atoms with van der Waals surface area (Å²) in [5.74, 6) is -2.36. The Kier molecular flexibility index (Phi) is 2.22. The van der Waals surface area contributed by atoms with Gasteiger partial charge in [0.1, 0.15) is 5.92 Å². The summed E-state index contributed by atoms with van der Waals surface area (Å²) in [4.78, 5) is 37.5. The maximum absolute atomic E-state index is 11.5. The van der Waals surface area contributed by atoms with Crippen LogP contribution in [0, 0.1) is 5.92 Å². The second kappa shape index (κ2) is 3.42. The van der Waals surface area contributed by atoms with Gasteiger partial charge in [-0.3, -0.25) is 14.4 Å². The van der Waals surface area contributed by atoms with Gasteiger partial charge in [-0.05, 0) is 18.4 Å². The van der Waals surface area contributed by atoms with Gasteiger partial charge in [-0.2, -0.15) is 0 Å². The first-order chi connectivity index (χ1) is 7.11. The highest BCUT2D eigenvalue weighted by Gasteiger charge is 2.36. The monoisotopic (exact) mass is 206 g/mol. The van der Waals surface area contributed by atoms with Crippen molar-refractivity contribution in [2.45, 2.75) is 19.3 Å². The summed E-state index contributed by atoms with van der Waals surface area (Å²) in [6.07, 6.45) is 2.96. The average Bonchev–Trinajstić information content (AvgIpc) is 2.17. The van der Waals surface area contributed by atoms with Gasteiger partial charge in [-0.25, -0.2) is 4.99 Å². The van der Waals surface area contributed by atoms with E-state index in [0.717, 1.165) is 0 Å². The molecule has 0 fully saturated rings. The predicted molar refractivity (Wildman–Crippen MR) is 52.1 cm³/mol. The van der Waals surface area contributed by atoms with Crippen LogP contribution in [0.4, 0.5) is 0 Å². The molecule has 0 aromatic carbocycles. The Hall–Kier alpha value is -1.78. The Morgan fingerprint density at radius 3 is 2.80 bits per heavy atom. The molecule has 78 valence electrons. The van der Waals surface area contributed by atoms with Crippen LogP contribution < -0.4 is 5.73 Å². The number of nitrogens with zero attached hydrogens (tertiary/aromatic N) is 1. The maximum Gasteiger partial charge on any atom is 0.262 e. The number of allylic oxidation sites excluding steroid dienone is 1. The van der Waals surface area contributed by atoms with E-state index in [1.807, 2.05) is 0 Å². The highest BCUT2D eigenvalue weighted by molar-refractivity contribution is 6.21. The number of carbonyl (C=O) groups excluding carboxylic acids is 3. The molecule has 1 aliphatic carbocycles. The van der Waals surface area contributed by atoms with E-state index >= 15 is 0 Å². The first kappa shape index (κ1) is 9.76. The van der Waals surface area contributed by atoms with Crippen molar-refractivity contribution in [3.63, 3.8) is 0 Å². The number of nitrogens with two attached hydrogens (primary N) is 1. The molecule has 1 aliphatic heterocycles. The van der Waals surface area contributed by atoms with E-state index in [2.05, 4.69) is 4.99 Å². The number of dihydropyridines is 1. The maximum atomic E-state index is 11.5. The summed E-state index contributed by atoms with van der Waals surface area (Å²) in [5.41, 5.74) is 6.09. The Morgan fingerprint density at radius 1 is 1.40 bits per heavy atom. The smallest absolute Gasteiger partial charge is 0.262 e. The minimum atomic E-state index is -1.02. The normalized spacial score (nSPS) is 25.5. The topological polar surface area (TPSA) is 89.6 Å². The number of hydrogen-bond donors (Lipinski definition) is 1. The summed E-state index contributed by atoms with van der Waals surface area (Å²) in [6.45, 7) is 0. The zero-order valence-electron chi connectivity index (χ0n) is 8.03. The van der Waals surface area contributed by atoms with Crippen LogP contribution in [0.15, 0.2) is 16.1 Å². The van der Waals surface area contributed by atoms with Crippen molar-refractivity contribution >= 4 is 23.8 Å². The molecule has 0 radical (unpaired) electrons. The first-order valence-electron chi connectivity index (χ1n) is 4.74. The number of rotatable bonds is 1. The number of Topliss-reactive ketones (excluding diaryl/α,β-unsaturated/α-hetero) is 1. The Bertz CT molecular complexity index is 420. The van der Waals surface area contributed by atoms with Crippen LogP contribution >= 0.6 is 0 Å². The lowest BCUT2D eigenvalue weighted by atomic mass is 9.81. The van der Waals surface area contributed by atoms with Crippen LogP contribution in [0.2, 0.25) is 0 Å². The quantitative estimate of drug-likeness (QED) is 0.600. The third-order valence-electron chi connectivity index (χ3n) is 2.70. The third kappa shape index (κ3) is 1.49. The summed E-state index contributed by atoms with van der Waals surface area (Å²) in [5, 5.41) is 0. The van der Waals surface area contributed by atoms with Crippen LogP contribution in [0.1, 0.15) is 19.3 Å². The number of amides is 2. The summed E-state index contributed by atoms with van der Waals surface area (Å²) >= 11 is 0. The molecule has 15 heavy (non-hydrogen) atoms. The van der Waals surface area contributed by atoms with Gasteiger partial charge in [0.2, 0.25) is 5.91 Å². The molecule has 0 spiro atoms. The van der Waals surface area contributed by atoms with Crippen LogP contribution in [0.5, 0.6) is 0 Å². The Morgan fingerprint density at radius 2 is 2.13 bits per heavy atom. The molecule has 5 nitrogen and oxygen atoms in total. The fraction of sp³-hybridized carbons (Fsp3) is 0.400. The fourth-order valence-corrected chi connectivity index (χ4v) is 1.99. The van der Waals surface area contributed by atoms with Crippen molar-refractivity contribution in [1.29, 1.82) is 0 Å². The molecule has 0 saturated heterocycles. The highest BCUT2D eigenvalue weighted by Crippen LogP contribution is 2.30. The standard InChI is InChI=1S/C10H10N2O3/c11-9(14)8-5-2-1-3-7(13)6(5)4-12-10(8)15/h4,8H,1-3H2,(H2,11,14). The second-order valence-electron chi connectivity index (χ2n) is 3.65. The lowest BCUT2D eigenvalue weighted by Crippen LogP contribution is -2.36. The molecule has 2 aliphatic rings. The van der Waals surface area contributed by atoms with Gasteiger partial charge in [0.15, 0.2) is 5.78 Å². The number of primary amides is 1. The zero-order chi connectivity index (χ0) is 11.0. The van der Waals surface area contributed by atoms with E-state index in [9.17, 15) is 14.4 Å². The van der Waals surface area contributed by atoms with Gasteiger partial charge in [0.05, 0.1) is 0 Å². The molecule has 0 aromatic heterocycles. The molecule has 0 bridgehead atoms. The van der Waals surface area contributed by atoms with Crippen molar-refractivity contribution in [2.75, 3.05) is 0 Å². The summed E-state index contributed by atoms with van der Waals surface area (Å²) in [7, 11) is 0. The molecule has 1 atom stereocenters. The second-order valence-corrected chi connectivity index (χ2v) is 3.65. The van der Waals surface area contributed by atoms with Crippen LogP contribution in [0.25, 0.3) is 0 Å². The van der Waals surface area contributed by atoms with Crippen LogP contribution in [0.3, 0.4) is 0 Å². The molecule has 5 heteroatoms. The number of carbonyl (C=O) groups is 3. The van der Waals surface area contributed by atoms with E-state index in [1.165, 1.54) is 6.21 Å². The van der Waals surface area contributed by atoms with Gasteiger partial charge in [0.25, 0.3) is 5.91 Å². The van der Waals surface area contributed by atoms with Gasteiger partial charge < -0.3 is 5.73 Å². The van der Waals surface area contributed by atoms with Crippen molar-refractivity contribution < 1.29 is 14.4 Å². The molecule has 2 amide bonds. The SMILES string of the molecule is NC(=O)C1C(=O)N=CC2=C1CCCC2=O. The van der Waals surface area contributed by atoms with Gasteiger partial charge in [0, 0.05) is 18.2 Å². The number of ketones is 1. The number of hydrogen-bond acceptors (Lipinski definition) is 3. The van der Waals surface area contributed by atoms with Crippen LogP contribution in [-0.2, 0) is 14.4 Å². The van der Waals surface area contributed by atoms with Crippen molar-refractivity contribution in [3.05, 3.63) is 11.1 Å². The molecule has 0 saturated carbocycles. The largest absolute Gasteiger partial charge is 0.369 e. The van der Waals surface area contributed by atoms with Gasteiger partial charge in [-0.1, -0.05) is 0 Å². The molecule has 1 unspecified atom stereocenters. The van der Waals surface area contributed by atoms with Gasteiger partial charge in [-0.15, -0.1) is 0 Å². The summed E-state index contributed by atoms with van der Waals surface area (Å²) < 4.78 is 0. The third-order valence-corrected chi connectivity index (χ3v) is 2.70. The van der Waals surface area contributed by atoms with Crippen molar-refractivity contribution in [3.8, 4) is 0 Å². The van der Waals surface area contributed by atoms with Gasteiger partial charge >= 0.3 is 0 Å². The molecule has 1 heterocycles. The van der Waals surface area contributed by atoms with Crippen molar-refractivity contribution in [1.82, 2.24) is 0 Å². The molecule has 2 rings (SSSR count). The zero-order valence-corrected chi connectivity index (χ0v) is 8.03. The van der Waals surface area contributed by atoms with E-state index in [4.69, 9.17) is 5.73 Å². The van der Waals surface area contributed by atoms with E-state index in [1.54, 1.807) is 0 Å². The highest BCUT2D eigenvalue weighted by atomic mass is 16.2. The average molecular weight is 206 g/mol. The van der Waals surface area contributed by atoms with Crippen molar-refractivity contribution in [2.24, 2.45) is 16.6 Å². The van der Waals surface area contributed by atoms with E-state index in [-0.39, 0.29) is 5.78 Å². The Labute approximate surface area is 86.0 Å². The molecular formula is C10H10N2O3. The minimum absolute atomic E-state index is 0.0567.